The molecule has 0 spiro atoms. The first-order valence-electron chi connectivity index (χ1n) is 22.7. The number of aryl methyl sites for hydroxylation is 2. The van der Waals surface area contributed by atoms with E-state index in [1.807, 2.05) is 26.0 Å². The Balaban J connectivity index is 0.00000239. The maximum atomic E-state index is 6.44. The predicted octanol–water partition coefficient (Wildman–Crippen LogP) is 18.0. The van der Waals surface area contributed by atoms with Gasteiger partial charge in [0.2, 0.25) is 0 Å². The number of fused-ring (bicyclic) bond motifs is 6. The molecule has 1 aliphatic rings. The van der Waals surface area contributed by atoms with Gasteiger partial charge in [-0.15, -0.1) is 0 Å². The standard InChI is InChI=1S/C60H47NO.C2H6/c1-38-15-9-10-19-47(38)48-21-14-22-49(40(48)3)59-39(2)16-13-23-50(59)43-27-32-51-52-33-30-45(36-56(52)60(4,5)55(51)35-43)61(44-28-25-42(26-29-44)41-17-7-6-8-18-41)46-31-34-54-53-20-11-12-24-57(53)62-58(54)37-46;1-2/h6-37H,1-5H3;1-2H3. The van der Waals surface area contributed by atoms with Gasteiger partial charge in [0.1, 0.15) is 11.2 Å². The Morgan fingerprint density at radius 2 is 0.922 bits per heavy atom. The average Bonchev–Trinajstić information content (AvgIpc) is 3.81. The van der Waals surface area contributed by atoms with Crippen molar-refractivity contribution in [1.29, 1.82) is 0 Å². The molecule has 0 saturated carbocycles. The van der Waals surface area contributed by atoms with Crippen molar-refractivity contribution < 1.29 is 4.42 Å². The lowest BCUT2D eigenvalue weighted by atomic mass is 9.80. The summed E-state index contributed by atoms with van der Waals surface area (Å²) in [5, 5.41) is 2.25. The van der Waals surface area contributed by atoms with Crippen molar-refractivity contribution in [3.05, 3.63) is 222 Å². The summed E-state index contributed by atoms with van der Waals surface area (Å²) in [7, 11) is 0. The third kappa shape index (κ3) is 6.82. The van der Waals surface area contributed by atoms with Crippen molar-refractivity contribution in [3.63, 3.8) is 0 Å². The monoisotopic (exact) mass is 827 g/mol. The molecule has 64 heavy (non-hydrogen) atoms. The fourth-order valence-corrected chi connectivity index (χ4v) is 10.1. The predicted molar refractivity (Wildman–Crippen MR) is 273 cm³/mol. The molecule has 11 rings (SSSR count). The van der Waals surface area contributed by atoms with E-state index in [0.29, 0.717) is 0 Å². The largest absolute Gasteiger partial charge is 0.456 e. The quantitative estimate of drug-likeness (QED) is 0.159. The summed E-state index contributed by atoms with van der Waals surface area (Å²) in [6, 6.07) is 70.9. The third-order valence-corrected chi connectivity index (χ3v) is 13.4. The molecule has 0 atom stereocenters. The number of furan rings is 1. The number of para-hydroxylation sites is 1. The first-order chi connectivity index (χ1) is 31.2. The second-order valence-electron chi connectivity index (χ2n) is 17.4. The maximum Gasteiger partial charge on any atom is 0.137 e. The summed E-state index contributed by atoms with van der Waals surface area (Å²) >= 11 is 0. The highest BCUT2D eigenvalue weighted by atomic mass is 16.3. The van der Waals surface area contributed by atoms with Crippen LogP contribution in [0.4, 0.5) is 17.1 Å². The van der Waals surface area contributed by atoms with Gasteiger partial charge >= 0.3 is 0 Å². The molecule has 2 heteroatoms. The highest BCUT2D eigenvalue weighted by molar-refractivity contribution is 6.06. The van der Waals surface area contributed by atoms with Gasteiger partial charge in [0.25, 0.3) is 0 Å². The summed E-state index contributed by atoms with van der Waals surface area (Å²) in [4.78, 5) is 2.37. The van der Waals surface area contributed by atoms with Gasteiger partial charge in [0.15, 0.2) is 0 Å². The van der Waals surface area contributed by atoms with Crippen LogP contribution in [0.3, 0.4) is 0 Å². The van der Waals surface area contributed by atoms with Crippen LogP contribution < -0.4 is 4.90 Å². The Labute approximate surface area is 378 Å². The third-order valence-electron chi connectivity index (χ3n) is 13.4. The highest BCUT2D eigenvalue weighted by Gasteiger charge is 2.36. The smallest absolute Gasteiger partial charge is 0.137 e. The van der Waals surface area contributed by atoms with Crippen LogP contribution in [-0.4, -0.2) is 0 Å². The molecule has 312 valence electrons. The number of rotatable bonds is 7. The van der Waals surface area contributed by atoms with E-state index in [1.54, 1.807) is 0 Å². The Morgan fingerprint density at radius 3 is 1.72 bits per heavy atom. The van der Waals surface area contributed by atoms with E-state index in [9.17, 15) is 0 Å². The summed E-state index contributed by atoms with van der Waals surface area (Å²) in [6.45, 7) is 15.5. The molecular weight excluding hydrogens is 775 g/mol. The molecule has 0 fully saturated rings. The van der Waals surface area contributed by atoms with E-state index in [0.717, 1.165) is 39.0 Å². The molecule has 0 radical (unpaired) electrons. The Bertz CT molecular complexity index is 3350. The van der Waals surface area contributed by atoms with Crippen molar-refractivity contribution in [2.45, 2.75) is 53.9 Å². The van der Waals surface area contributed by atoms with E-state index in [4.69, 9.17) is 4.42 Å². The first kappa shape index (κ1) is 40.6. The molecule has 0 N–H and O–H groups in total. The summed E-state index contributed by atoms with van der Waals surface area (Å²) < 4.78 is 6.44. The maximum absolute atomic E-state index is 6.44. The van der Waals surface area contributed by atoms with Gasteiger partial charge < -0.3 is 9.32 Å². The Morgan fingerprint density at radius 1 is 0.375 bits per heavy atom. The van der Waals surface area contributed by atoms with Crippen LogP contribution >= 0.6 is 0 Å². The molecule has 9 aromatic carbocycles. The Hall–Kier alpha value is -7.42. The number of benzene rings is 9. The van der Waals surface area contributed by atoms with Crippen LogP contribution in [0.25, 0.3) is 77.6 Å². The van der Waals surface area contributed by atoms with E-state index in [1.165, 1.54) is 83.5 Å². The van der Waals surface area contributed by atoms with Crippen LogP contribution in [0.5, 0.6) is 0 Å². The first-order valence-corrected chi connectivity index (χ1v) is 22.7. The molecule has 0 amide bonds. The van der Waals surface area contributed by atoms with Crippen LogP contribution in [-0.2, 0) is 5.41 Å². The summed E-state index contributed by atoms with van der Waals surface area (Å²) in [6.07, 6.45) is 0. The molecule has 0 unspecified atom stereocenters. The minimum atomic E-state index is -0.243. The van der Waals surface area contributed by atoms with Gasteiger partial charge in [0.05, 0.1) is 0 Å². The zero-order valence-corrected chi connectivity index (χ0v) is 37.8. The summed E-state index contributed by atoms with van der Waals surface area (Å²) in [5.41, 5.74) is 24.0. The second kappa shape index (κ2) is 16.4. The van der Waals surface area contributed by atoms with Crippen molar-refractivity contribution in [3.8, 4) is 55.6 Å². The lowest BCUT2D eigenvalue weighted by Gasteiger charge is -2.28. The van der Waals surface area contributed by atoms with Crippen LogP contribution in [0.15, 0.2) is 199 Å². The van der Waals surface area contributed by atoms with Gasteiger partial charge in [-0.1, -0.05) is 167 Å². The van der Waals surface area contributed by atoms with Crippen LogP contribution in [0.1, 0.15) is 55.5 Å². The van der Waals surface area contributed by atoms with E-state index < -0.39 is 0 Å². The topological polar surface area (TPSA) is 16.4 Å². The number of nitrogens with zero attached hydrogens (tertiary/aromatic N) is 1. The molecule has 2 nitrogen and oxygen atoms in total. The van der Waals surface area contributed by atoms with Crippen molar-refractivity contribution in [1.82, 2.24) is 0 Å². The number of anilines is 3. The normalized spacial score (nSPS) is 12.4. The van der Waals surface area contributed by atoms with Gasteiger partial charge in [-0.25, -0.2) is 0 Å². The minimum Gasteiger partial charge on any atom is -0.456 e. The zero-order valence-electron chi connectivity index (χ0n) is 37.8. The lowest BCUT2D eigenvalue weighted by Crippen LogP contribution is -2.16. The van der Waals surface area contributed by atoms with Crippen molar-refractivity contribution >= 4 is 39.0 Å². The van der Waals surface area contributed by atoms with Crippen LogP contribution in [0, 0.1) is 20.8 Å². The number of hydrogen-bond acceptors (Lipinski definition) is 2. The van der Waals surface area contributed by atoms with E-state index in [-0.39, 0.29) is 5.41 Å². The van der Waals surface area contributed by atoms with Crippen LogP contribution in [0.2, 0.25) is 0 Å². The Kier molecular flexibility index (Phi) is 10.4. The number of hydrogen-bond donors (Lipinski definition) is 0. The summed E-state index contributed by atoms with van der Waals surface area (Å²) in [5.74, 6) is 0. The van der Waals surface area contributed by atoms with E-state index in [2.05, 4.69) is 222 Å². The van der Waals surface area contributed by atoms with Gasteiger partial charge in [-0.3, -0.25) is 0 Å². The van der Waals surface area contributed by atoms with Crippen molar-refractivity contribution in [2.75, 3.05) is 4.90 Å². The van der Waals surface area contributed by atoms with E-state index >= 15 is 0 Å². The minimum absolute atomic E-state index is 0.243. The molecule has 1 aromatic heterocycles. The SMILES string of the molecule is CC.Cc1ccccc1-c1cccc(-c2c(C)cccc2-c2ccc3c(c2)C(C)(C)c2cc(N(c4ccc(-c5ccccc5)cc4)c4ccc5c(c4)oc4ccccc45)ccc2-3)c1C. The highest BCUT2D eigenvalue weighted by Crippen LogP contribution is 2.52. The van der Waals surface area contributed by atoms with Gasteiger partial charge in [-0.05, 0) is 153 Å². The molecule has 0 saturated heterocycles. The van der Waals surface area contributed by atoms with Crippen molar-refractivity contribution in [2.24, 2.45) is 0 Å². The molecule has 10 aromatic rings. The van der Waals surface area contributed by atoms with Gasteiger partial charge in [-0.2, -0.15) is 0 Å². The fraction of sp³-hybridized carbons (Fsp3) is 0.129. The average molecular weight is 828 g/mol. The molecule has 0 aliphatic heterocycles. The zero-order chi connectivity index (χ0) is 44.1. The molecular formula is C62H53NO. The molecule has 1 aliphatic carbocycles. The molecule has 0 bridgehead atoms. The second-order valence-corrected chi connectivity index (χ2v) is 17.4. The molecule has 1 heterocycles. The fourth-order valence-electron chi connectivity index (χ4n) is 10.1. The lowest BCUT2D eigenvalue weighted by molar-refractivity contribution is 0.660. The van der Waals surface area contributed by atoms with Gasteiger partial charge in [0, 0.05) is 39.3 Å².